The number of carbonyl (C=O) groups is 1. The minimum atomic E-state index is -4.78. The van der Waals surface area contributed by atoms with Crippen LogP contribution in [0.4, 0.5) is 17.6 Å². The van der Waals surface area contributed by atoms with Crippen molar-refractivity contribution in [3.63, 3.8) is 0 Å². The largest absolute Gasteiger partial charge is 0.419 e. The van der Waals surface area contributed by atoms with Crippen LogP contribution in [-0.4, -0.2) is 5.78 Å². The van der Waals surface area contributed by atoms with Gasteiger partial charge in [0.25, 0.3) is 0 Å². The molecule has 0 spiro atoms. The van der Waals surface area contributed by atoms with E-state index in [0.29, 0.717) is 12.5 Å². The molecule has 0 heterocycles. The van der Waals surface area contributed by atoms with Gasteiger partial charge in [-0.15, -0.1) is 0 Å². The summed E-state index contributed by atoms with van der Waals surface area (Å²) in [5, 5.41) is 0. The number of halogens is 4. The molecule has 1 unspecified atom stereocenters. The van der Waals surface area contributed by atoms with Gasteiger partial charge in [-0.05, 0) is 18.6 Å². The van der Waals surface area contributed by atoms with Gasteiger partial charge in [-0.2, -0.15) is 13.2 Å². The first kappa shape index (κ1) is 13.7. The Kier molecular flexibility index (Phi) is 3.91. The summed E-state index contributed by atoms with van der Waals surface area (Å²) in [6.07, 6.45) is -4.33. The van der Waals surface area contributed by atoms with Gasteiger partial charge in [-0.1, -0.05) is 19.9 Å². The van der Waals surface area contributed by atoms with Crippen LogP contribution in [0, 0.1) is 11.7 Å². The molecule has 1 aromatic rings. The van der Waals surface area contributed by atoms with Crippen LogP contribution in [0.25, 0.3) is 0 Å². The molecule has 5 heteroatoms. The lowest BCUT2D eigenvalue weighted by Crippen LogP contribution is -2.16. The number of benzene rings is 1. The van der Waals surface area contributed by atoms with Gasteiger partial charge in [-0.25, -0.2) is 4.39 Å². The van der Waals surface area contributed by atoms with Crippen LogP contribution in [0.15, 0.2) is 18.2 Å². The highest BCUT2D eigenvalue weighted by Crippen LogP contribution is 2.33. The van der Waals surface area contributed by atoms with Crippen molar-refractivity contribution < 1.29 is 22.4 Å². The van der Waals surface area contributed by atoms with Gasteiger partial charge < -0.3 is 0 Å². The molecule has 0 amide bonds. The standard InChI is InChI=1S/C12H12F4O/c1-3-7(2)11(17)8-5-4-6-9(10(8)13)12(14,15)16/h4-7H,3H2,1-2H3. The molecule has 0 aliphatic heterocycles. The van der Waals surface area contributed by atoms with Gasteiger partial charge in [0, 0.05) is 5.92 Å². The summed E-state index contributed by atoms with van der Waals surface area (Å²) in [4.78, 5) is 11.7. The Labute approximate surface area is 96.4 Å². The van der Waals surface area contributed by atoms with E-state index in [4.69, 9.17) is 0 Å². The molecule has 1 nitrogen and oxygen atoms in total. The highest BCUT2D eigenvalue weighted by atomic mass is 19.4. The zero-order chi connectivity index (χ0) is 13.2. The Bertz CT molecular complexity index is 423. The molecule has 94 valence electrons. The smallest absolute Gasteiger partial charge is 0.294 e. The van der Waals surface area contributed by atoms with Crippen molar-refractivity contribution >= 4 is 5.78 Å². The van der Waals surface area contributed by atoms with Crippen LogP contribution in [-0.2, 0) is 6.18 Å². The predicted octanol–water partition coefficient (Wildman–Crippen LogP) is 4.07. The molecular weight excluding hydrogens is 236 g/mol. The van der Waals surface area contributed by atoms with Gasteiger partial charge in [0.1, 0.15) is 5.82 Å². The van der Waals surface area contributed by atoms with Crippen molar-refractivity contribution in [3.8, 4) is 0 Å². The Morgan fingerprint density at radius 1 is 1.35 bits per heavy atom. The third-order valence-electron chi connectivity index (χ3n) is 2.63. The molecule has 1 aromatic carbocycles. The van der Waals surface area contributed by atoms with E-state index in [1.54, 1.807) is 13.8 Å². The van der Waals surface area contributed by atoms with Crippen LogP contribution in [0.1, 0.15) is 36.2 Å². The summed E-state index contributed by atoms with van der Waals surface area (Å²) in [6.45, 7) is 3.27. The number of rotatable bonds is 3. The van der Waals surface area contributed by atoms with E-state index >= 15 is 0 Å². The van der Waals surface area contributed by atoms with Gasteiger partial charge in [-0.3, -0.25) is 4.79 Å². The fraction of sp³-hybridized carbons (Fsp3) is 0.417. The highest BCUT2D eigenvalue weighted by Gasteiger charge is 2.35. The van der Waals surface area contributed by atoms with Crippen molar-refractivity contribution in [1.29, 1.82) is 0 Å². The Hall–Kier alpha value is -1.39. The number of alkyl halides is 3. The van der Waals surface area contributed by atoms with E-state index in [9.17, 15) is 22.4 Å². The fourth-order valence-electron chi connectivity index (χ4n) is 1.39. The summed E-state index contributed by atoms with van der Waals surface area (Å²) in [6, 6.07) is 2.75. The number of carbonyl (C=O) groups excluding carboxylic acids is 1. The van der Waals surface area contributed by atoms with Gasteiger partial charge in [0.2, 0.25) is 0 Å². The molecule has 0 saturated heterocycles. The zero-order valence-corrected chi connectivity index (χ0v) is 9.44. The van der Waals surface area contributed by atoms with E-state index in [1.807, 2.05) is 0 Å². The minimum absolute atomic E-state index is 0.453. The Morgan fingerprint density at radius 2 is 1.94 bits per heavy atom. The van der Waals surface area contributed by atoms with Crippen LogP contribution in [0.3, 0.4) is 0 Å². The van der Waals surface area contributed by atoms with Crippen LogP contribution in [0.2, 0.25) is 0 Å². The third-order valence-corrected chi connectivity index (χ3v) is 2.63. The quantitative estimate of drug-likeness (QED) is 0.582. The van der Waals surface area contributed by atoms with E-state index in [2.05, 4.69) is 0 Å². The molecule has 0 fully saturated rings. The minimum Gasteiger partial charge on any atom is -0.294 e. The van der Waals surface area contributed by atoms with Gasteiger partial charge in [0.05, 0.1) is 11.1 Å². The van der Waals surface area contributed by atoms with E-state index < -0.39 is 34.8 Å². The molecule has 1 atom stereocenters. The second kappa shape index (κ2) is 4.85. The van der Waals surface area contributed by atoms with E-state index in [1.165, 1.54) is 0 Å². The first-order chi connectivity index (χ1) is 7.79. The van der Waals surface area contributed by atoms with Crippen molar-refractivity contribution in [1.82, 2.24) is 0 Å². The average Bonchev–Trinajstić information content (AvgIpc) is 2.25. The molecule has 17 heavy (non-hydrogen) atoms. The maximum absolute atomic E-state index is 13.6. The van der Waals surface area contributed by atoms with Crippen molar-refractivity contribution in [2.45, 2.75) is 26.4 Å². The summed E-state index contributed by atoms with van der Waals surface area (Å²) >= 11 is 0. The maximum atomic E-state index is 13.6. The van der Waals surface area contributed by atoms with Crippen molar-refractivity contribution in [3.05, 3.63) is 35.1 Å². The lowest BCUT2D eigenvalue weighted by molar-refractivity contribution is -0.140. The van der Waals surface area contributed by atoms with Crippen LogP contribution < -0.4 is 0 Å². The molecule has 0 aliphatic rings. The molecule has 0 radical (unpaired) electrons. The molecular formula is C12H12F4O. The topological polar surface area (TPSA) is 17.1 Å². The molecule has 0 aliphatic carbocycles. The van der Waals surface area contributed by atoms with Gasteiger partial charge >= 0.3 is 6.18 Å². The first-order valence-corrected chi connectivity index (χ1v) is 5.19. The predicted molar refractivity (Wildman–Crippen MR) is 55.2 cm³/mol. The monoisotopic (exact) mass is 248 g/mol. The lowest BCUT2D eigenvalue weighted by atomic mass is 9.95. The fourth-order valence-corrected chi connectivity index (χ4v) is 1.39. The number of hydrogen-bond acceptors (Lipinski definition) is 1. The van der Waals surface area contributed by atoms with E-state index in [-0.39, 0.29) is 0 Å². The maximum Gasteiger partial charge on any atom is 0.419 e. The summed E-state index contributed by atoms with van der Waals surface area (Å²) in [7, 11) is 0. The van der Waals surface area contributed by atoms with Crippen LogP contribution >= 0.6 is 0 Å². The number of ketones is 1. The summed E-state index contributed by atoms with van der Waals surface area (Å²) in [5.41, 5.74) is -1.89. The Morgan fingerprint density at radius 3 is 2.41 bits per heavy atom. The second-order valence-corrected chi connectivity index (χ2v) is 3.84. The van der Waals surface area contributed by atoms with Gasteiger partial charge in [0.15, 0.2) is 5.78 Å². The SMILES string of the molecule is CCC(C)C(=O)c1cccc(C(F)(F)F)c1F. The normalized spacial score (nSPS) is 13.5. The average molecular weight is 248 g/mol. The summed E-state index contributed by atoms with van der Waals surface area (Å²) < 4.78 is 50.8. The molecule has 0 bridgehead atoms. The molecule has 0 N–H and O–H groups in total. The highest BCUT2D eigenvalue weighted by molar-refractivity contribution is 5.98. The lowest BCUT2D eigenvalue weighted by Gasteiger charge is -2.12. The van der Waals surface area contributed by atoms with Crippen molar-refractivity contribution in [2.24, 2.45) is 5.92 Å². The second-order valence-electron chi connectivity index (χ2n) is 3.84. The van der Waals surface area contributed by atoms with E-state index in [0.717, 1.165) is 12.1 Å². The summed E-state index contributed by atoms with van der Waals surface area (Å²) in [5.74, 6) is -2.57. The third kappa shape index (κ3) is 2.84. The zero-order valence-electron chi connectivity index (χ0n) is 9.44. The number of hydrogen-bond donors (Lipinski definition) is 0. The first-order valence-electron chi connectivity index (χ1n) is 5.19. The Balaban J connectivity index is 3.24. The molecule has 0 aromatic heterocycles. The van der Waals surface area contributed by atoms with Crippen molar-refractivity contribution in [2.75, 3.05) is 0 Å². The molecule has 0 saturated carbocycles. The van der Waals surface area contributed by atoms with Crippen LogP contribution in [0.5, 0.6) is 0 Å². The molecule has 1 rings (SSSR count). The number of Topliss-reactive ketones (excluding diaryl/α,β-unsaturated/α-hetero) is 1.